The van der Waals surface area contributed by atoms with Gasteiger partial charge >= 0.3 is 0 Å². The van der Waals surface area contributed by atoms with E-state index in [1.807, 2.05) is 11.3 Å². The van der Waals surface area contributed by atoms with Crippen LogP contribution in [0, 0.1) is 0 Å². The van der Waals surface area contributed by atoms with Gasteiger partial charge in [-0.3, -0.25) is 0 Å². The van der Waals surface area contributed by atoms with Crippen molar-refractivity contribution in [1.29, 1.82) is 0 Å². The summed E-state index contributed by atoms with van der Waals surface area (Å²) in [4.78, 5) is 2.43. The van der Waals surface area contributed by atoms with Crippen molar-refractivity contribution >= 4 is 48.6 Å². The molecule has 47 heavy (non-hydrogen) atoms. The zero-order valence-electron chi connectivity index (χ0n) is 26.4. The van der Waals surface area contributed by atoms with Gasteiger partial charge < -0.3 is 4.90 Å². The van der Waals surface area contributed by atoms with E-state index in [4.69, 9.17) is 0 Å². The predicted octanol–water partition coefficient (Wildman–Crippen LogP) is 13.2. The van der Waals surface area contributed by atoms with E-state index in [1.54, 1.807) is 0 Å². The molecule has 1 aromatic heterocycles. The third kappa shape index (κ3) is 4.52. The SMILES string of the molecule is CC1(C)c2ccccc2-c2ccc(N(c3ccc(-c4ccccc4)cc3)c3ccc4c(c3)sc3c(-c5ccccc5)cccc34)cc21. The molecule has 1 heterocycles. The van der Waals surface area contributed by atoms with Crippen molar-refractivity contribution in [1.82, 2.24) is 0 Å². The zero-order chi connectivity index (χ0) is 31.5. The molecule has 0 saturated heterocycles. The van der Waals surface area contributed by atoms with Gasteiger partial charge in [0.2, 0.25) is 0 Å². The highest BCUT2D eigenvalue weighted by Gasteiger charge is 2.35. The van der Waals surface area contributed by atoms with Crippen molar-refractivity contribution < 1.29 is 0 Å². The third-order valence-corrected chi connectivity index (χ3v) is 11.1. The maximum Gasteiger partial charge on any atom is 0.0476 e. The fourth-order valence-electron chi connectivity index (χ4n) is 7.48. The molecule has 1 aliphatic carbocycles. The predicted molar refractivity (Wildman–Crippen MR) is 202 cm³/mol. The van der Waals surface area contributed by atoms with E-state index in [0.717, 1.165) is 11.4 Å². The van der Waals surface area contributed by atoms with Crippen LogP contribution < -0.4 is 4.90 Å². The Balaban J connectivity index is 1.21. The molecule has 0 fully saturated rings. The van der Waals surface area contributed by atoms with Crippen LogP contribution in [0.25, 0.3) is 53.6 Å². The van der Waals surface area contributed by atoms with Gasteiger partial charge in [-0.25, -0.2) is 0 Å². The van der Waals surface area contributed by atoms with Crippen LogP contribution in [0.4, 0.5) is 17.1 Å². The second-order valence-electron chi connectivity index (χ2n) is 13.0. The van der Waals surface area contributed by atoms with Gasteiger partial charge in [0.25, 0.3) is 0 Å². The summed E-state index contributed by atoms with van der Waals surface area (Å²) in [6, 6.07) is 60.0. The van der Waals surface area contributed by atoms with Crippen LogP contribution in [0.2, 0.25) is 0 Å². The summed E-state index contributed by atoms with van der Waals surface area (Å²) in [5.74, 6) is 0. The molecule has 0 spiro atoms. The van der Waals surface area contributed by atoms with Gasteiger partial charge in [0.05, 0.1) is 0 Å². The van der Waals surface area contributed by atoms with E-state index >= 15 is 0 Å². The summed E-state index contributed by atoms with van der Waals surface area (Å²) in [6.45, 7) is 4.71. The Labute approximate surface area is 280 Å². The van der Waals surface area contributed by atoms with Crippen molar-refractivity contribution in [2.45, 2.75) is 19.3 Å². The molecule has 0 bridgehead atoms. The molecule has 9 rings (SSSR count). The Hall–Kier alpha value is -5.44. The molecule has 0 N–H and O–H groups in total. The minimum Gasteiger partial charge on any atom is -0.310 e. The van der Waals surface area contributed by atoms with Gasteiger partial charge in [-0.1, -0.05) is 141 Å². The van der Waals surface area contributed by atoms with Crippen LogP contribution in [0.15, 0.2) is 164 Å². The number of fused-ring (bicyclic) bond motifs is 6. The highest BCUT2D eigenvalue weighted by Crippen LogP contribution is 2.51. The van der Waals surface area contributed by atoms with E-state index in [-0.39, 0.29) is 5.41 Å². The number of thiophene rings is 1. The molecule has 0 aliphatic heterocycles. The lowest BCUT2D eigenvalue weighted by molar-refractivity contribution is 0.660. The van der Waals surface area contributed by atoms with Gasteiger partial charge in [0, 0.05) is 42.6 Å². The molecule has 1 nitrogen and oxygen atoms in total. The van der Waals surface area contributed by atoms with Crippen molar-refractivity contribution in [3.63, 3.8) is 0 Å². The molecule has 0 atom stereocenters. The second kappa shape index (κ2) is 10.8. The molecule has 7 aromatic carbocycles. The molecule has 0 saturated carbocycles. The highest BCUT2D eigenvalue weighted by molar-refractivity contribution is 7.26. The van der Waals surface area contributed by atoms with Crippen LogP contribution in [0.5, 0.6) is 0 Å². The van der Waals surface area contributed by atoms with Crippen LogP contribution in [-0.4, -0.2) is 0 Å². The van der Waals surface area contributed by atoms with Crippen LogP contribution in [0.1, 0.15) is 25.0 Å². The number of rotatable bonds is 5. The van der Waals surface area contributed by atoms with E-state index in [9.17, 15) is 0 Å². The summed E-state index contributed by atoms with van der Waals surface area (Å²) < 4.78 is 2.63. The Morgan fingerprint density at radius 3 is 1.81 bits per heavy atom. The van der Waals surface area contributed by atoms with Gasteiger partial charge in [-0.15, -0.1) is 11.3 Å². The molecule has 2 heteroatoms. The van der Waals surface area contributed by atoms with Gasteiger partial charge in [-0.2, -0.15) is 0 Å². The maximum atomic E-state index is 2.43. The van der Waals surface area contributed by atoms with Crippen molar-refractivity contribution in [3.8, 4) is 33.4 Å². The first kappa shape index (κ1) is 27.8. The summed E-state index contributed by atoms with van der Waals surface area (Å²) in [5, 5.41) is 2.62. The van der Waals surface area contributed by atoms with Gasteiger partial charge in [0.15, 0.2) is 0 Å². The Kier molecular flexibility index (Phi) is 6.41. The average molecular weight is 620 g/mol. The van der Waals surface area contributed by atoms with Gasteiger partial charge in [0.1, 0.15) is 0 Å². The zero-order valence-corrected chi connectivity index (χ0v) is 27.3. The fourth-order valence-corrected chi connectivity index (χ4v) is 8.75. The normalized spacial score (nSPS) is 13.1. The number of hydrogen-bond acceptors (Lipinski definition) is 2. The smallest absolute Gasteiger partial charge is 0.0476 e. The van der Waals surface area contributed by atoms with Gasteiger partial charge in [-0.05, 0) is 80.9 Å². The minimum atomic E-state index is -0.0754. The average Bonchev–Trinajstić information content (AvgIpc) is 3.61. The van der Waals surface area contributed by atoms with Crippen molar-refractivity contribution in [2.24, 2.45) is 0 Å². The highest BCUT2D eigenvalue weighted by atomic mass is 32.1. The number of anilines is 3. The topological polar surface area (TPSA) is 3.24 Å². The first-order valence-corrected chi connectivity index (χ1v) is 17.1. The standard InChI is InChI=1S/C45H33NS/c1-45(2)41-19-10-9-16-37(41)38-26-24-34(28-42(38)45)46(33-22-20-31(21-23-33)30-12-5-3-6-13-30)35-25-27-39-40-18-11-17-36(32-14-7-4-8-15-32)44(40)47-43(39)29-35/h3-29H,1-2H3. The molecular weight excluding hydrogens is 587 g/mol. The molecule has 0 radical (unpaired) electrons. The first-order valence-electron chi connectivity index (χ1n) is 16.3. The minimum absolute atomic E-state index is 0.0754. The number of hydrogen-bond donors (Lipinski definition) is 0. The second-order valence-corrected chi connectivity index (χ2v) is 14.0. The molecule has 0 amide bonds. The summed E-state index contributed by atoms with van der Waals surface area (Å²) in [6.07, 6.45) is 0. The molecule has 1 aliphatic rings. The lowest BCUT2D eigenvalue weighted by Crippen LogP contribution is -2.16. The van der Waals surface area contributed by atoms with Crippen LogP contribution >= 0.6 is 11.3 Å². The molecular formula is C45H33NS. The largest absolute Gasteiger partial charge is 0.310 e. The lowest BCUT2D eigenvalue weighted by atomic mass is 9.82. The van der Waals surface area contributed by atoms with E-state index < -0.39 is 0 Å². The van der Waals surface area contributed by atoms with E-state index in [0.29, 0.717) is 0 Å². The number of nitrogens with zero attached hydrogens (tertiary/aromatic N) is 1. The van der Waals surface area contributed by atoms with Crippen molar-refractivity contribution in [2.75, 3.05) is 4.90 Å². The Morgan fingerprint density at radius 2 is 1.02 bits per heavy atom. The molecule has 0 unspecified atom stereocenters. The quantitative estimate of drug-likeness (QED) is 0.185. The van der Waals surface area contributed by atoms with Crippen molar-refractivity contribution in [3.05, 3.63) is 175 Å². The van der Waals surface area contributed by atoms with Crippen LogP contribution in [0.3, 0.4) is 0 Å². The summed E-state index contributed by atoms with van der Waals surface area (Å²) >= 11 is 1.89. The third-order valence-electron chi connectivity index (χ3n) is 9.88. The monoisotopic (exact) mass is 619 g/mol. The summed E-state index contributed by atoms with van der Waals surface area (Å²) in [5.41, 5.74) is 13.8. The molecule has 224 valence electrons. The fraction of sp³-hybridized carbons (Fsp3) is 0.0667. The maximum absolute atomic E-state index is 2.43. The van der Waals surface area contributed by atoms with Crippen LogP contribution in [-0.2, 0) is 5.41 Å². The first-order chi connectivity index (χ1) is 23.1. The van der Waals surface area contributed by atoms with E-state index in [1.165, 1.54) is 70.4 Å². The Bertz CT molecular complexity index is 2420. The molecule has 8 aromatic rings. The Morgan fingerprint density at radius 1 is 0.426 bits per heavy atom. The lowest BCUT2D eigenvalue weighted by Gasteiger charge is -2.28. The summed E-state index contributed by atoms with van der Waals surface area (Å²) in [7, 11) is 0. The number of benzene rings is 7. The van der Waals surface area contributed by atoms with E-state index in [2.05, 4.69) is 183 Å².